The van der Waals surface area contributed by atoms with Crippen LogP contribution in [0.15, 0.2) is 0 Å². The minimum Gasteiger partial charge on any atom is -0.102 e. The van der Waals surface area contributed by atoms with E-state index in [9.17, 15) is 0 Å². The number of hydrogen-bond donors (Lipinski definition) is 0. The van der Waals surface area contributed by atoms with E-state index < -0.39 is 12.4 Å². The number of hydrogen-bond acceptors (Lipinski definition) is 0. The predicted octanol–water partition coefficient (Wildman–Crippen LogP) is 11.1. The molecule has 3 heteroatoms. The molecule has 0 amide bonds. The molecular weight excluding hydrogens is 483 g/mol. The van der Waals surface area contributed by atoms with Crippen molar-refractivity contribution in [1.82, 2.24) is 0 Å². The summed E-state index contributed by atoms with van der Waals surface area (Å²) in [7, 11) is -1.28. The molecule has 6 saturated carbocycles. The third-order valence-electron chi connectivity index (χ3n) is 12.6. The lowest BCUT2D eigenvalue weighted by Crippen LogP contribution is -2.48. The fraction of sp³-hybridized carbons (Fsp3) is 1.00. The van der Waals surface area contributed by atoms with Crippen LogP contribution in [0.25, 0.3) is 0 Å². The minimum atomic E-state index is -1.28. The van der Waals surface area contributed by atoms with E-state index in [0.29, 0.717) is 0 Å². The van der Waals surface area contributed by atoms with E-state index in [0.717, 1.165) is 53.3 Å². The molecule has 6 aliphatic rings. The average molecular weight is 540 g/mol. The second-order valence-corrected chi connectivity index (χ2v) is 22.3. The van der Waals surface area contributed by atoms with Gasteiger partial charge in [0.25, 0.3) is 0 Å². The first kappa shape index (κ1) is 27.4. The van der Waals surface area contributed by atoms with Crippen molar-refractivity contribution in [2.24, 2.45) is 53.3 Å². The van der Waals surface area contributed by atoms with Gasteiger partial charge in [-0.15, -0.1) is 23.2 Å². The Morgan fingerprint density at radius 3 is 1.51 bits per heavy atom. The van der Waals surface area contributed by atoms with Gasteiger partial charge in [-0.05, 0) is 117 Å². The zero-order valence-corrected chi connectivity index (χ0v) is 26.2. The first-order valence-corrected chi connectivity index (χ1v) is 19.9. The summed E-state index contributed by atoms with van der Waals surface area (Å²) < 4.78 is -0.556. The summed E-state index contributed by atoms with van der Waals surface area (Å²) in [5.74, 6) is 10.2. The van der Waals surface area contributed by atoms with Crippen molar-refractivity contribution >= 4 is 31.3 Å². The van der Waals surface area contributed by atoms with Crippen LogP contribution in [-0.4, -0.2) is 12.4 Å². The molecule has 10 atom stereocenters. The monoisotopic (exact) mass is 538 g/mol. The predicted molar refractivity (Wildman–Crippen MR) is 157 cm³/mol. The summed E-state index contributed by atoms with van der Waals surface area (Å²) in [6.07, 6.45) is 23.9. The third kappa shape index (κ3) is 5.46. The Bertz CT molecular complexity index is 685. The Hall–Kier alpha value is 0.797. The molecule has 0 aromatic rings. The number of halogens is 2. The van der Waals surface area contributed by atoms with Crippen molar-refractivity contribution in [3.63, 3.8) is 0 Å². The fourth-order valence-corrected chi connectivity index (χ4v) is 18.7. The second-order valence-electron chi connectivity index (χ2n) is 15.3. The summed E-state index contributed by atoms with van der Waals surface area (Å²) in [6.45, 7) is 12.1. The SMILES string of the molecule is CC(C)(Cl)Cl.CC1CC2C3CCCCC3CCC2C1[Si](C)(C)C1C2CCCCC2C2CCCCC21. The van der Waals surface area contributed by atoms with Crippen molar-refractivity contribution in [1.29, 1.82) is 0 Å². The van der Waals surface area contributed by atoms with Gasteiger partial charge >= 0.3 is 0 Å². The lowest BCUT2D eigenvalue weighted by atomic mass is 9.62. The molecule has 10 unspecified atom stereocenters. The molecular formula is C32H56Cl2Si. The summed E-state index contributed by atoms with van der Waals surface area (Å²) in [5.41, 5.74) is 2.36. The first-order chi connectivity index (χ1) is 16.6. The first-order valence-electron chi connectivity index (χ1n) is 15.9. The summed E-state index contributed by atoms with van der Waals surface area (Å²) in [5, 5.41) is 0. The van der Waals surface area contributed by atoms with E-state index in [1.165, 1.54) is 11.1 Å². The summed E-state index contributed by atoms with van der Waals surface area (Å²) in [6, 6.07) is 0. The molecule has 0 radical (unpaired) electrons. The topological polar surface area (TPSA) is 0 Å². The van der Waals surface area contributed by atoms with Crippen LogP contribution in [0.4, 0.5) is 0 Å². The second kappa shape index (κ2) is 10.8. The van der Waals surface area contributed by atoms with E-state index in [1.54, 1.807) is 110 Å². The lowest BCUT2D eigenvalue weighted by Gasteiger charge is -2.50. The van der Waals surface area contributed by atoms with Gasteiger partial charge in [0.05, 0.1) is 8.07 Å². The molecule has 6 aliphatic carbocycles. The summed E-state index contributed by atoms with van der Waals surface area (Å²) in [4.78, 5) is 0. The van der Waals surface area contributed by atoms with Gasteiger partial charge in [0.15, 0.2) is 0 Å². The maximum absolute atomic E-state index is 5.30. The van der Waals surface area contributed by atoms with Crippen LogP contribution in [0.5, 0.6) is 0 Å². The molecule has 35 heavy (non-hydrogen) atoms. The molecule has 6 rings (SSSR count). The van der Waals surface area contributed by atoms with Crippen molar-refractivity contribution in [3.05, 3.63) is 0 Å². The van der Waals surface area contributed by atoms with Gasteiger partial charge in [-0.3, -0.25) is 0 Å². The van der Waals surface area contributed by atoms with Gasteiger partial charge in [-0.1, -0.05) is 77.8 Å². The van der Waals surface area contributed by atoms with E-state index in [2.05, 4.69) is 20.0 Å². The Morgan fingerprint density at radius 1 is 0.543 bits per heavy atom. The number of rotatable bonds is 2. The fourth-order valence-electron chi connectivity index (χ4n) is 12.1. The van der Waals surface area contributed by atoms with Gasteiger partial charge in [0.2, 0.25) is 0 Å². The van der Waals surface area contributed by atoms with Crippen molar-refractivity contribution in [3.8, 4) is 0 Å². The Labute approximate surface area is 229 Å². The Morgan fingerprint density at radius 2 is 0.971 bits per heavy atom. The molecule has 0 saturated heterocycles. The zero-order valence-electron chi connectivity index (χ0n) is 23.7. The third-order valence-corrected chi connectivity index (χ3v) is 17.9. The number of alkyl halides is 2. The van der Waals surface area contributed by atoms with Crippen LogP contribution in [0, 0.1) is 53.3 Å². The maximum Gasteiger partial charge on any atom is 0.112 e. The van der Waals surface area contributed by atoms with Gasteiger partial charge in [0.1, 0.15) is 4.33 Å². The van der Waals surface area contributed by atoms with Gasteiger partial charge in [0, 0.05) is 0 Å². The van der Waals surface area contributed by atoms with Gasteiger partial charge in [-0.2, -0.15) is 0 Å². The molecule has 6 fully saturated rings. The number of fused-ring (bicyclic) bond motifs is 6. The van der Waals surface area contributed by atoms with Crippen LogP contribution >= 0.6 is 23.2 Å². The van der Waals surface area contributed by atoms with Gasteiger partial charge in [-0.25, -0.2) is 0 Å². The smallest absolute Gasteiger partial charge is 0.102 e. The molecule has 0 N–H and O–H groups in total. The quantitative estimate of drug-likeness (QED) is 0.242. The lowest BCUT2D eigenvalue weighted by molar-refractivity contribution is 0.0718. The highest BCUT2D eigenvalue weighted by Gasteiger charge is 2.62. The van der Waals surface area contributed by atoms with Crippen LogP contribution < -0.4 is 0 Å². The van der Waals surface area contributed by atoms with E-state index >= 15 is 0 Å². The normalized spacial score (nSPS) is 47.6. The zero-order chi connectivity index (χ0) is 25.0. The molecule has 0 bridgehead atoms. The van der Waals surface area contributed by atoms with Crippen molar-refractivity contribution in [2.75, 3.05) is 0 Å². The highest BCUT2D eigenvalue weighted by molar-refractivity contribution is 6.80. The van der Waals surface area contributed by atoms with Crippen LogP contribution in [0.2, 0.25) is 24.2 Å². The molecule has 0 aliphatic heterocycles. The average Bonchev–Trinajstić information content (AvgIpc) is 3.33. The molecule has 202 valence electrons. The highest BCUT2D eigenvalue weighted by atomic mass is 35.5. The van der Waals surface area contributed by atoms with E-state index in [1.807, 2.05) is 0 Å². The minimum absolute atomic E-state index is 0.556. The Kier molecular flexibility index (Phi) is 8.41. The standard InChI is InChI=1S/C29H50Si.C3H6Cl2/c1-19-18-27-21-11-5-4-10-20(21)16-17-26(27)28(19)30(2,3)29-24-14-8-6-12-22(24)23-13-7-9-15-25(23)29;1-3(2,4)5/h19-29H,4-18H2,1-3H3;1-2H3. The molecule has 0 aromatic carbocycles. The van der Waals surface area contributed by atoms with Crippen LogP contribution in [-0.2, 0) is 0 Å². The van der Waals surface area contributed by atoms with Crippen LogP contribution in [0.1, 0.15) is 117 Å². The Balaban J connectivity index is 0.000000464. The molecule has 0 aromatic heterocycles. The molecule has 0 heterocycles. The van der Waals surface area contributed by atoms with E-state index in [-0.39, 0.29) is 0 Å². The van der Waals surface area contributed by atoms with Crippen molar-refractivity contribution < 1.29 is 0 Å². The van der Waals surface area contributed by atoms with Crippen LogP contribution in [0.3, 0.4) is 0 Å². The maximum atomic E-state index is 5.30. The molecule has 0 nitrogen and oxygen atoms in total. The van der Waals surface area contributed by atoms with Gasteiger partial charge < -0.3 is 0 Å². The highest BCUT2D eigenvalue weighted by Crippen LogP contribution is 2.69. The summed E-state index contributed by atoms with van der Waals surface area (Å²) >= 11 is 10.6. The largest absolute Gasteiger partial charge is 0.112 e. The van der Waals surface area contributed by atoms with E-state index in [4.69, 9.17) is 23.2 Å². The molecule has 0 spiro atoms. The van der Waals surface area contributed by atoms with Crippen molar-refractivity contribution in [2.45, 2.75) is 146 Å².